The third-order valence-corrected chi connectivity index (χ3v) is 3.51. The van der Waals surface area contributed by atoms with Crippen molar-refractivity contribution in [1.29, 1.82) is 0 Å². The maximum Gasteiger partial charge on any atom is 0.242 e. The number of aromatic nitrogens is 3. The summed E-state index contributed by atoms with van der Waals surface area (Å²) >= 11 is 0. The fraction of sp³-hybridized carbons (Fsp3) is 0.167. The summed E-state index contributed by atoms with van der Waals surface area (Å²) in [5.41, 5.74) is 0.910. The van der Waals surface area contributed by atoms with E-state index in [1.54, 1.807) is 0 Å². The van der Waals surface area contributed by atoms with Gasteiger partial charge in [-0.05, 0) is 25.1 Å². The van der Waals surface area contributed by atoms with E-state index in [-0.39, 0.29) is 18.5 Å². The molecule has 0 aliphatic carbocycles. The lowest BCUT2D eigenvalue weighted by atomic mass is 10.1. The maximum absolute atomic E-state index is 12.1. The molecule has 0 aliphatic rings. The number of amides is 1. The Bertz CT molecular complexity index is 788. The van der Waals surface area contributed by atoms with Crippen LogP contribution in [0, 0.1) is 0 Å². The molecular formula is C18H18N4O2. The van der Waals surface area contributed by atoms with E-state index in [4.69, 9.17) is 4.74 Å². The normalized spacial score (nSPS) is 11.7. The minimum Gasteiger partial charge on any atom is -0.457 e. The van der Waals surface area contributed by atoms with Crippen LogP contribution in [0.15, 0.2) is 67.3 Å². The molecule has 0 saturated carbocycles. The van der Waals surface area contributed by atoms with E-state index < -0.39 is 0 Å². The zero-order valence-electron chi connectivity index (χ0n) is 13.3. The van der Waals surface area contributed by atoms with Crippen LogP contribution in [0.4, 0.5) is 0 Å². The SMILES string of the molecule is C[C@@H](NC(=O)Cn1cncn1)c1ccccc1Oc1ccccc1. The van der Waals surface area contributed by atoms with Crippen molar-refractivity contribution in [3.8, 4) is 11.5 Å². The average Bonchev–Trinajstić information content (AvgIpc) is 3.09. The van der Waals surface area contributed by atoms with Crippen LogP contribution in [0.2, 0.25) is 0 Å². The summed E-state index contributed by atoms with van der Waals surface area (Å²) in [6.07, 6.45) is 2.91. The standard InChI is InChI=1S/C18H18N4O2/c1-14(21-18(23)11-22-13-19-12-20-22)16-9-5-6-10-17(16)24-15-7-3-2-4-8-15/h2-10,12-14H,11H2,1H3,(H,21,23)/t14-/m1/s1. The Morgan fingerprint density at radius 2 is 1.92 bits per heavy atom. The number of nitrogens with zero attached hydrogens (tertiary/aromatic N) is 3. The Morgan fingerprint density at radius 3 is 2.67 bits per heavy atom. The Balaban J connectivity index is 1.70. The average molecular weight is 322 g/mol. The van der Waals surface area contributed by atoms with Gasteiger partial charge in [0.2, 0.25) is 5.91 Å². The first-order valence-corrected chi connectivity index (χ1v) is 7.66. The highest BCUT2D eigenvalue weighted by atomic mass is 16.5. The van der Waals surface area contributed by atoms with Gasteiger partial charge in [-0.2, -0.15) is 5.10 Å². The summed E-state index contributed by atoms with van der Waals surface area (Å²) in [4.78, 5) is 15.9. The lowest BCUT2D eigenvalue weighted by molar-refractivity contribution is -0.122. The molecule has 0 spiro atoms. The van der Waals surface area contributed by atoms with Gasteiger partial charge < -0.3 is 10.1 Å². The van der Waals surface area contributed by atoms with Crippen molar-refractivity contribution in [2.24, 2.45) is 0 Å². The van der Waals surface area contributed by atoms with Crippen molar-refractivity contribution < 1.29 is 9.53 Å². The summed E-state index contributed by atoms with van der Waals surface area (Å²) in [5, 5.41) is 6.88. The zero-order chi connectivity index (χ0) is 16.8. The molecule has 2 aromatic carbocycles. The molecule has 122 valence electrons. The van der Waals surface area contributed by atoms with E-state index in [1.165, 1.54) is 17.3 Å². The molecule has 3 aromatic rings. The molecule has 1 heterocycles. The lowest BCUT2D eigenvalue weighted by Crippen LogP contribution is -2.30. The summed E-state index contributed by atoms with van der Waals surface area (Å²) < 4.78 is 7.42. The van der Waals surface area contributed by atoms with Crippen LogP contribution in [0.1, 0.15) is 18.5 Å². The summed E-state index contributed by atoms with van der Waals surface area (Å²) in [5.74, 6) is 1.34. The second-order valence-corrected chi connectivity index (χ2v) is 5.34. The van der Waals surface area contributed by atoms with E-state index in [2.05, 4.69) is 15.4 Å². The first kappa shape index (κ1) is 15.7. The van der Waals surface area contributed by atoms with Gasteiger partial charge in [0, 0.05) is 5.56 Å². The van der Waals surface area contributed by atoms with Gasteiger partial charge in [0.1, 0.15) is 30.7 Å². The van der Waals surface area contributed by atoms with Gasteiger partial charge >= 0.3 is 0 Å². The minimum atomic E-state index is -0.194. The smallest absolute Gasteiger partial charge is 0.242 e. The fourth-order valence-electron chi connectivity index (χ4n) is 2.37. The molecule has 1 N–H and O–H groups in total. The van der Waals surface area contributed by atoms with E-state index >= 15 is 0 Å². The summed E-state index contributed by atoms with van der Waals surface area (Å²) in [6, 6.07) is 17.0. The highest BCUT2D eigenvalue weighted by Crippen LogP contribution is 2.29. The first-order valence-electron chi connectivity index (χ1n) is 7.66. The van der Waals surface area contributed by atoms with Crippen molar-refractivity contribution in [2.45, 2.75) is 19.5 Å². The Morgan fingerprint density at radius 1 is 1.17 bits per heavy atom. The third-order valence-electron chi connectivity index (χ3n) is 3.51. The fourth-order valence-corrected chi connectivity index (χ4v) is 2.37. The van der Waals surface area contributed by atoms with E-state index in [1.807, 2.05) is 61.5 Å². The van der Waals surface area contributed by atoms with Gasteiger partial charge in [-0.25, -0.2) is 9.67 Å². The highest BCUT2D eigenvalue weighted by molar-refractivity contribution is 5.76. The van der Waals surface area contributed by atoms with E-state index in [9.17, 15) is 4.79 Å². The van der Waals surface area contributed by atoms with Gasteiger partial charge in [-0.1, -0.05) is 36.4 Å². The second-order valence-electron chi connectivity index (χ2n) is 5.34. The minimum absolute atomic E-state index is 0.131. The Kier molecular flexibility index (Phi) is 4.86. The number of carbonyl (C=O) groups is 1. The van der Waals surface area contributed by atoms with Crippen molar-refractivity contribution in [1.82, 2.24) is 20.1 Å². The molecule has 6 nitrogen and oxygen atoms in total. The lowest BCUT2D eigenvalue weighted by Gasteiger charge is -2.18. The molecule has 0 radical (unpaired) electrons. The van der Waals surface area contributed by atoms with Crippen LogP contribution < -0.4 is 10.1 Å². The van der Waals surface area contributed by atoms with Gasteiger partial charge in [0.15, 0.2) is 0 Å². The van der Waals surface area contributed by atoms with Crippen molar-refractivity contribution in [2.75, 3.05) is 0 Å². The number of nitrogens with one attached hydrogen (secondary N) is 1. The maximum atomic E-state index is 12.1. The number of rotatable bonds is 6. The van der Waals surface area contributed by atoms with Gasteiger partial charge in [0.05, 0.1) is 6.04 Å². The highest BCUT2D eigenvalue weighted by Gasteiger charge is 2.15. The Hall–Kier alpha value is -3.15. The van der Waals surface area contributed by atoms with E-state index in [0.717, 1.165) is 17.1 Å². The largest absolute Gasteiger partial charge is 0.457 e. The number of hydrogen-bond donors (Lipinski definition) is 1. The first-order chi connectivity index (χ1) is 11.7. The predicted octanol–water partition coefficient (Wildman–Crippen LogP) is 2.95. The van der Waals surface area contributed by atoms with Crippen LogP contribution in [-0.4, -0.2) is 20.7 Å². The van der Waals surface area contributed by atoms with Crippen LogP contribution in [0.25, 0.3) is 0 Å². The molecule has 24 heavy (non-hydrogen) atoms. The van der Waals surface area contributed by atoms with Gasteiger partial charge in [0.25, 0.3) is 0 Å². The molecule has 1 aromatic heterocycles. The number of hydrogen-bond acceptors (Lipinski definition) is 4. The quantitative estimate of drug-likeness (QED) is 0.757. The van der Waals surface area contributed by atoms with Crippen molar-refractivity contribution >= 4 is 5.91 Å². The Labute approximate surface area is 140 Å². The molecule has 1 amide bonds. The number of ether oxygens (including phenoxy) is 1. The van der Waals surface area contributed by atoms with Crippen LogP contribution >= 0.6 is 0 Å². The molecule has 0 fully saturated rings. The van der Waals surface area contributed by atoms with Crippen LogP contribution in [0.3, 0.4) is 0 Å². The molecule has 6 heteroatoms. The van der Waals surface area contributed by atoms with Gasteiger partial charge in [-0.3, -0.25) is 4.79 Å². The molecule has 0 bridgehead atoms. The second kappa shape index (κ2) is 7.41. The van der Waals surface area contributed by atoms with Crippen LogP contribution in [0.5, 0.6) is 11.5 Å². The van der Waals surface area contributed by atoms with Gasteiger partial charge in [-0.15, -0.1) is 0 Å². The van der Waals surface area contributed by atoms with Crippen LogP contribution in [-0.2, 0) is 11.3 Å². The van der Waals surface area contributed by atoms with Crippen molar-refractivity contribution in [3.05, 3.63) is 72.8 Å². The molecule has 0 saturated heterocycles. The van der Waals surface area contributed by atoms with Crippen molar-refractivity contribution in [3.63, 3.8) is 0 Å². The predicted molar refractivity (Wildman–Crippen MR) is 89.5 cm³/mol. The molecule has 0 aliphatic heterocycles. The number of para-hydroxylation sites is 2. The molecule has 1 atom stereocenters. The molecule has 3 rings (SSSR count). The molecular weight excluding hydrogens is 304 g/mol. The molecule has 0 unspecified atom stereocenters. The topological polar surface area (TPSA) is 69.0 Å². The summed E-state index contributed by atoms with van der Waals surface area (Å²) in [7, 11) is 0. The third kappa shape index (κ3) is 3.98. The monoisotopic (exact) mass is 322 g/mol. The van der Waals surface area contributed by atoms with E-state index in [0.29, 0.717) is 0 Å². The number of carbonyl (C=O) groups excluding carboxylic acids is 1. The zero-order valence-corrected chi connectivity index (χ0v) is 13.3. The number of benzene rings is 2. The summed E-state index contributed by atoms with van der Waals surface area (Å²) in [6.45, 7) is 2.05.